The van der Waals surface area contributed by atoms with Gasteiger partial charge >= 0.3 is 0 Å². The molecule has 1 saturated heterocycles. The Morgan fingerprint density at radius 1 is 0.969 bits per heavy atom. The van der Waals surface area contributed by atoms with Crippen molar-refractivity contribution < 1.29 is 28.6 Å². The van der Waals surface area contributed by atoms with E-state index in [0.717, 1.165) is 11.1 Å². The summed E-state index contributed by atoms with van der Waals surface area (Å²) in [6, 6.07) is 12.7. The number of carbonyl (C=O) groups is 2. The third kappa shape index (κ3) is 3.41. The van der Waals surface area contributed by atoms with Gasteiger partial charge in [-0.2, -0.15) is 0 Å². The number of aryl methyl sites for hydroxylation is 2. The van der Waals surface area contributed by atoms with Gasteiger partial charge in [-0.05, 0) is 67.4 Å². The molecule has 2 aromatic carbocycles. The van der Waals surface area contributed by atoms with E-state index in [9.17, 15) is 14.7 Å². The molecule has 1 aliphatic rings. The fourth-order valence-electron chi connectivity index (χ4n) is 3.83. The highest BCUT2D eigenvalue weighted by atomic mass is 16.5. The highest BCUT2D eigenvalue weighted by molar-refractivity contribution is 6.51. The van der Waals surface area contributed by atoms with Gasteiger partial charge < -0.3 is 19.0 Å². The summed E-state index contributed by atoms with van der Waals surface area (Å²) >= 11 is 0. The third-order valence-corrected chi connectivity index (χ3v) is 5.68. The number of rotatable bonds is 5. The van der Waals surface area contributed by atoms with Crippen molar-refractivity contribution >= 4 is 23.1 Å². The Morgan fingerprint density at radius 2 is 1.72 bits per heavy atom. The number of Topliss-reactive ketones (excluding diaryl/α,β-unsaturated/α-hetero) is 1. The van der Waals surface area contributed by atoms with Crippen LogP contribution in [0.5, 0.6) is 11.5 Å². The Morgan fingerprint density at radius 3 is 2.34 bits per heavy atom. The van der Waals surface area contributed by atoms with Crippen LogP contribution in [0.3, 0.4) is 0 Å². The van der Waals surface area contributed by atoms with Crippen LogP contribution in [0.15, 0.2) is 64.8 Å². The van der Waals surface area contributed by atoms with E-state index in [4.69, 9.17) is 13.9 Å². The van der Waals surface area contributed by atoms with Crippen LogP contribution in [0, 0.1) is 13.8 Å². The van der Waals surface area contributed by atoms with Gasteiger partial charge in [0.15, 0.2) is 11.5 Å². The molecule has 1 aromatic heterocycles. The summed E-state index contributed by atoms with van der Waals surface area (Å²) in [6.45, 7) is 3.90. The molecular weight excluding hydrogens is 410 g/mol. The minimum atomic E-state index is -0.916. The average Bonchev–Trinajstić information content (AvgIpc) is 3.42. The van der Waals surface area contributed by atoms with E-state index in [-0.39, 0.29) is 11.3 Å². The lowest BCUT2D eigenvalue weighted by Crippen LogP contribution is -2.29. The maximum absolute atomic E-state index is 13.1. The molecule has 1 aliphatic heterocycles. The maximum Gasteiger partial charge on any atom is 0.300 e. The monoisotopic (exact) mass is 433 g/mol. The Hall–Kier alpha value is -4.00. The van der Waals surface area contributed by atoms with Crippen LogP contribution in [-0.4, -0.2) is 31.0 Å². The zero-order chi connectivity index (χ0) is 23.0. The van der Waals surface area contributed by atoms with Crippen LogP contribution in [-0.2, 0) is 9.59 Å². The van der Waals surface area contributed by atoms with Crippen LogP contribution >= 0.6 is 0 Å². The molecule has 0 bridgehead atoms. The second-order valence-corrected chi connectivity index (χ2v) is 7.52. The van der Waals surface area contributed by atoms with Gasteiger partial charge in [-0.3, -0.25) is 14.5 Å². The molecule has 1 amide bonds. The number of hydrogen-bond acceptors (Lipinski definition) is 6. The van der Waals surface area contributed by atoms with Crippen LogP contribution < -0.4 is 14.4 Å². The lowest BCUT2D eigenvalue weighted by molar-refractivity contribution is -0.132. The van der Waals surface area contributed by atoms with Crippen LogP contribution in [0.1, 0.15) is 28.5 Å². The number of amides is 1. The number of carbonyl (C=O) groups excluding carboxylic acids is 2. The predicted octanol–water partition coefficient (Wildman–Crippen LogP) is 4.54. The van der Waals surface area contributed by atoms with E-state index >= 15 is 0 Å². The highest BCUT2D eigenvalue weighted by Crippen LogP contribution is 2.43. The van der Waals surface area contributed by atoms with E-state index in [1.165, 1.54) is 25.4 Å². The van der Waals surface area contributed by atoms with Crippen LogP contribution in [0.4, 0.5) is 5.69 Å². The molecule has 4 rings (SSSR count). The Bertz CT molecular complexity index is 1230. The van der Waals surface area contributed by atoms with Gasteiger partial charge in [-0.15, -0.1) is 0 Å². The summed E-state index contributed by atoms with van der Waals surface area (Å²) < 4.78 is 16.1. The number of aliphatic hydroxyl groups excluding tert-OH is 1. The zero-order valence-electron chi connectivity index (χ0n) is 18.2. The molecule has 1 unspecified atom stereocenters. The number of hydrogen-bond donors (Lipinski definition) is 1. The van der Waals surface area contributed by atoms with E-state index in [1.807, 2.05) is 26.0 Å². The predicted molar refractivity (Wildman–Crippen MR) is 119 cm³/mol. The fraction of sp³-hybridized carbons (Fsp3) is 0.200. The van der Waals surface area contributed by atoms with Crippen molar-refractivity contribution in [2.75, 3.05) is 19.1 Å². The van der Waals surface area contributed by atoms with E-state index in [2.05, 4.69) is 0 Å². The lowest BCUT2D eigenvalue weighted by Gasteiger charge is -2.24. The Balaban J connectivity index is 1.91. The minimum Gasteiger partial charge on any atom is -0.507 e. The quantitative estimate of drug-likeness (QED) is 0.361. The summed E-state index contributed by atoms with van der Waals surface area (Å²) in [6.07, 6.45) is 1.46. The molecule has 32 heavy (non-hydrogen) atoms. The van der Waals surface area contributed by atoms with Gasteiger partial charge in [-0.1, -0.05) is 6.07 Å². The van der Waals surface area contributed by atoms with Crippen molar-refractivity contribution in [3.05, 3.63) is 82.8 Å². The number of furan rings is 1. The first-order valence-corrected chi connectivity index (χ1v) is 10.0. The number of ether oxygens (including phenoxy) is 2. The first kappa shape index (κ1) is 21.2. The van der Waals surface area contributed by atoms with Crippen molar-refractivity contribution in [1.82, 2.24) is 0 Å². The summed E-state index contributed by atoms with van der Waals surface area (Å²) in [7, 11) is 2.98. The van der Waals surface area contributed by atoms with Gasteiger partial charge in [0.05, 0.1) is 26.1 Å². The molecule has 7 nitrogen and oxygen atoms in total. The average molecular weight is 433 g/mol. The molecule has 1 atom stereocenters. The standard InChI is InChI=1S/C25H23NO6/c1-14-7-9-17(12-15(14)2)26-22(19-6-5-11-32-19)21(24(28)25(26)29)23(27)16-8-10-18(30-3)20(13-16)31-4/h5-13,22,27H,1-4H3/b23-21-. The van der Waals surface area contributed by atoms with Crippen LogP contribution in [0.2, 0.25) is 0 Å². The Kier molecular flexibility index (Phi) is 5.48. The molecule has 3 aromatic rings. The molecule has 7 heteroatoms. The van der Waals surface area contributed by atoms with E-state index in [0.29, 0.717) is 28.5 Å². The zero-order valence-corrected chi connectivity index (χ0v) is 18.2. The molecule has 1 N–H and O–H groups in total. The van der Waals surface area contributed by atoms with Crippen molar-refractivity contribution in [2.24, 2.45) is 0 Å². The summed E-state index contributed by atoms with van der Waals surface area (Å²) in [5.41, 5.74) is 2.84. The van der Waals surface area contributed by atoms with E-state index < -0.39 is 17.7 Å². The molecule has 0 radical (unpaired) electrons. The summed E-state index contributed by atoms with van der Waals surface area (Å²) in [5.74, 6) is -0.633. The number of benzene rings is 2. The SMILES string of the molecule is COc1ccc(/C(O)=C2/C(=O)C(=O)N(c3ccc(C)c(C)c3)C2c2ccco2)cc1OC. The van der Waals surface area contributed by atoms with Gasteiger partial charge in [0.1, 0.15) is 17.6 Å². The summed E-state index contributed by atoms with van der Waals surface area (Å²) in [4.78, 5) is 27.6. The van der Waals surface area contributed by atoms with Crippen molar-refractivity contribution in [3.63, 3.8) is 0 Å². The van der Waals surface area contributed by atoms with Crippen LogP contribution in [0.25, 0.3) is 5.76 Å². The van der Waals surface area contributed by atoms with Gasteiger partial charge in [0, 0.05) is 11.3 Å². The maximum atomic E-state index is 13.1. The van der Waals surface area contributed by atoms with Gasteiger partial charge in [-0.25, -0.2) is 0 Å². The molecule has 0 saturated carbocycles. The molecule has 0 spiro atoms. The summed E-state index contributed by atoms with van der Waals surface area (Å²) in [5, 5.41) is 11.2. The third-order valence-electron chi connectivity index (χ3n) is 5.68. The van der Waals surface area contributed by atoms with E-state index in [1.54, 1.807) is 36.4 Å². The molecule has 0 aliphatic carbocycles. The Labute approximate surface area is 185 Å². The lowest BCUT2D eigenvalue weighted by atomic mass is 9.98. The number of ketones is 1. The largest absolute Gasteiger partial charge is 0.507 e. The smallest absolute Gasteiger partial charge is 0.300 e. The molecule has 2 heterocycles. The van der Waals surface area contributed by atoms with Crippen molar-refractivity contribution in [3.8, 4) is 11.5 Å². The number of aliphatic hydroxyl groups is 1. The number of nitrogens with zero attached hydrogens (tertiary/aromatic N) is 1. The van der Waals surface area contributed by atoms with Gasteiger partial charge in [0.2, 0.25) is 0 Å². The van der Waals surface area contributed by atoms with Crippen molar-refractivity contribution in [2.45, 2.75) is 19.9 Å². The number of methoxy groups -OCH3 is 2. The molecule has 164 valence electrons. The van der Waals surface area contributed by atoms with Gasteiger partial charge in [0.25, 0.3) is 11.7 Å². The second kappa shape index (κ2) is 8.26. The highest BCUT2D eigenvalue weighted by Gasteiger charge is 2.48. The normalized spacial score (nSPS) is 17.6. The van der Waals surface area contributed by atoms with Crippen molar-refractivity contribution in [1.29, 1.82) is 0 Å². The molecular formula is C25H23NO6. The topological polar surface area (TPSA) is 89.2 Å². The first-order valence-electron chi connectivity index (χ1n) is 10.0. The first-order chi connectivity index (χ1) is 15.4. The number of anilines is 1. The minimum absolute atomic E-state index is 0.0598. The fourth-order valence-corrected chi connectivity index (χ4v) is 3.83. The molecule has 1 fully saturated rings. The second-order valence-electron chi connectivity index (χ2n) is 7.52.